The second kappa shape index (κ2) is 5.83. The third kappa shape index (κ3) is 2.91. The van der Waals surface area contributed by atoms with Crippen molar-refractivity contribution in [2.45, 2.75) is 38.1 Å². The van der Waals surface area contributed by atoms with Crippen LogP contribution < -0.4 is 0 Å². The highest BCUT2D eigenvalue weighted by Crippen LogP contribution is 2.25. The molecule has 0 heterocycles. The molecule has 1 aliphatic carbocycles. The fourth-order valence-electron chi connectivity index (χ4n) is 2.49. The summed E-state index contributed by atoms with van der Waals surface area (Å²) in [6.07, 6.45) is 5.78. The zero-order valence-electron chi connectivity index (χ0n) is 10.5. The average Bonchev–Trinajstić information content (AvgIpc) is 2.38. The van der Waals surface area contributed by atoms with E-state index in [0.29, 0.717) is 16.1 Å². The van der Waals surface area contributed by atoms with E-state index in [1.54, 1.807) is 11.0 Å². The molecule has 0 radical (unpaired) electrons. The standard InChI is InChI=1S/C14H17BrFNO/c1-17(11-5-3-2-4-6-11)14(18)12-8-7-10(16)9-13(12)15/h7-9,11H,2-6H2,1H3. The first-order valence-corrected chi connectivity index (χ1v) is 7.11. The van der Waals surface area contributed by atoms with Gasteiger partial charge in [-0.05, 0) is 47.0 Å². The number of amides is 1. The Kier molecular flexibility index (Phi) is 4.38. The van der Waals surface area contributed by atoms with Crippen LogP contribution in [0.4, 0.5) is 4.39 Å². The zero-order valence-corrected chi connectivity index (χ0v) is 12.0. The predicted molar refractivity (Wildman–Crippen MR) is 73.1 cm³/mol. The molecule has 0 N–H and O–H groups in total. The van der Waals surface area contributed by atoms with Crippen LogP contribution in [0.15, 0.2) is 22.7 Å². The van der Waals surface area contributed by atoms with Crippen molar-refractivity contribution in [3.05, 3.63) is 34.1 Å². The van der Waals surface area contributed by atoms with Crippen molar-refractivity contribution in [2.75, 3.05) is 7.05 Å². The fraction of sp³-hybridized carbons (Fsp3) is 0.500. The van der Waals surface area contributed by atoms with Crippen LogP contribution in [0.2, 0.25) is 0 Å². The van der Waals surface area contributed by atoms with E-state index in [2.05, 4.69) is 15.9 Å². The van der Waals surface area contributed by atoms with Crippen molar-refractivity contribution in [3.63, 3.8) is 0 Å². The highest BCUT2D eigenvalue weighted by molar-refractivity contribution is 9.10. The SMILES string of the molecule is CN(C(=O)c1ccc(F)cc1Br)C1CCCCC1. The van der Waals surface area contributed by atoms with Gasteiger partial charge in [0.25, 0.3) is 5.91 Å². The van der Waals surface area contributed by atoms with E-state index in [1.165, 1.54) is 31.4 Å². The normalized spacial score (nSPS) is 16.6. The van der Waals surface area contributed by atoms with E-state index < -0.39 is 0 Å². The van der Waals surface area contributed by atoms with E-state index in [-0.39, 0.29) is 11.7 Å². The molecular weight excluding hydrogens is 297 g/mol. The van der Waals surface area contributed by atoms with Crippen LogP contribution in [0.25, 0.3) is 0 Å². The Morgan fingerprint density at radius 1 is 1.33 bits per heavy atom. The molecule has 1 aromatic carbocycles. The molecule has 1 saturated carbocycles. The Morgan fingerprint density at radius 2 is 2.00 bits per heavy atom. The van der Waals surface area contributed by atoms with Gasteiger partial charge in [0.05, 0.1) is 5.56 Å². The molecule has 1 amide bonds. The van der Waals surface area contributed by atoms with Crippen molar-refractivity contribution in [3.8, 4) is 0 Å². The Bertz CT molecular complexity index is 443. The first-order valence-electron chi connectivity index (χ1n) is 6.32. The van der Waals surface area contributed by atoms with E-state index in [1.807, 2.05) is 7.05 Å². The summed E-state index contributed by atoms with van der Waals surface area (Å²) in [5.74, 6) is -0.368. The second-order valence-corrected chi connectivity index (χ2v) is 5.69. The minimum absolute atomic E-state index is 0.0335. The number of benzene rings is 1. The fourth-order valence-corrected chi connectivity index (χ4v) is 3.01. The van der Waals surface area contributed by atoms with Gasteiger partial charge in [0.15, 0.2) is 0 Å². The molecule has 2 nitrogen and oxygen atoms in total. The number of hydrogen-bond donors (Lipinski definition) is 0. The smallest absolute Gasteiger partial charge is 0.254 e. The minimum atomic E-state index is -0.334. The molecule has 18 heavy (non-hydrogen) atoms. The minimum Gasteiger partial charge on any atom is -0.339 e. The van der Waals surface area contributed by atoms with Gasteiger partial charge in [-0.15, -0.1) is 0 Å². The van der Waals surface area contributed by atoms with E-state index >= 15 is 0 Å². The third-order valence-corrected chi connectivity index (χ3v) is 4.26. The first kappa shape index (κ1) is 13.5. The number of rotatable bonds is 2. The summed E-state index contributed by atoms with van der Waals surface area (Å²) in [5.41, 5.74) is 0.532. The summed E-state index contributed by atoms with van der Waals surface area (Å²) in [4.78, 5) is 14.2. The lowest BCUT2D eigenvalue weighted by Crippen LogP contribution is -2.38. The molecule has 0 bridgehead atoms. The van der Waals surface area contributed by atoms with Gasteiger partial charge in [-0.3, -0.25) is 4.79 Å². The van der Waals surface area contributed by atoms with Gasteiger partial charge in [0.2, 0.25) is 0 Å². The summed E-state index contributed by atoms with van der Waals surface area (Å²) in [6, 6.07) is 4.53. The van der Waals surface area contributed by atoms with Crippen LogP contribution in [-0.4, -0.2) is 23.9 Å². The first-order chi connectivity index (χ1) is 8.59. The molecule has 0 unspecified atom stereocenters. The quantitative estimate of drug-likeness (QED) is 0.808. The molecule has 1 fully saturated rings. The molecule has 0 atom stereocenters. The maximum absolute atomic E-state index is 13.0. The predicted octanol–water partition coefficient (Wildman–Crippen LogP) is 3.99. The van der Waals surface area contributed by atoms with Crippen LogP contribution in [0.3, 0.4) is 0 Å². The molecule has 0 aliphatic heterocycles. The lowest BCUT2D eigenvalue weighted by Gasteiger charge is -2.31. The van der Waals surface area contributed by atoms with Gasteiger partial charge in [-0.1, -0.05) is 19.3 Å². The van der Waals surface area contributed by atoms with Crippen LogP contribution in [-0.2, 0) is 0 Å². The summed E-state index contributed by atoms with van der Waals surface area (Å²) in [7, 11) is 1.84. The Labute approximate surface area is 115 Å². The number of carbonyl (C=O) groups is 1. The van der Waals surface area contributed by atoms with Gasteiger partial charge < -0.3 is 4.90 Å². The molecule has 4 heteroatoms. The largest absolute Gasteiger partial charge is 0.339 e. The van der Waals surface area contributed by atoms with Gasteiger partial charge in [0.1, 0.15) is 5.82 Å². The molecule has 0 aromatic heterocycles. The van der Waals surface area contributed by atoms with Crippen molar-refractivity contribution >= 4 is 21.8 Å². The maximum Gasteiger partial charge on any atom is 0.254 e. The van der Waals surface area contributed by atoms with E-state index in [0.717, 1.165) is 12.8 Å². The molecular formula is C14H17BrFNO. The third-order valence-electron chi connectivity index (χ3n) is 3.60. The van der Waals surface area contributed by atoms with Gasteiger partial charge >= 0.3 is 0 Å². The van der Waals surface area contributed by atoms with E-state index in [9.17, 15) is 9.18 Å². The zero-order chi connectivity index (χ0) is 13.1. The van der Waals surface area contributed by atoms with Crippen LogP contribution in [0.1, 0.15) is 42.5 Å². The second-order valence-electron chi connectivity index (χ2n) is 4.83. The number of carbonyl (C=O) groups excluding carboxylic acids is 1. The monoisotopic (exact) mass is 313 g/mol. The highest BCUT2D eigenvalue weighted by atomic mass is 79.9. The molecule has 98 valence electrons. The van der Waals surface area contributed by atoms with Crippen molar-refractivity contribution in [1.29, 1.82) is 0 Å². The van der Waals surface area contributed by atoms with E-state index in [4.69, 9.17) is 0 Å². The summed E-state index contributed by atoms with van der Waals surface area (Å²) < 4.78 is 13.5. The van der Waals surface area contributed by atoms with Crippen LogP contribution >= 0.6 is 15.9 Å². The van der Waals surface area contributed by atoms with Crippen LogP contribution in [0, 0.1) is 5.82 Å². The number of halogens is 2. The summed E-state index contributed by atoms with van der Waals surface area (Å²) in [6.45, 7) is 0. The molecule has 2 rings (SSSR count). The van der Waals surface area contributed by atoms with Gasteiger partial charge in [0, 0.05) is 17.6 Å². The van der Waals surface area contributed by atoms with Gasteiger partial charge in [-0.2, -0.15) is 0 Å². The number of hydrogen-bond acceptors (Lipinski definition) is 1. The summed E-state index contributed by atoms with van der Waals surface area (Å²) in [5, 5.41) is 0. The molecule has 0 spiro atoms. The van der Waals surface area contributed by atoms with Crippen molar-refractivity contribution in [2.24, 2.45) is 0 Å². The highest BCUT2D eigenvalue weighted by Gasteiger charge is 2.24. The molecule has 1 aromatic rings. The number of nitrogens with zero attached hydrogens (tertiary/aromatic N) is 1. The van der Waals surface area contributed by atoms with Crippen molar-refractivity contribution in [1.82, 2.24) is 4.90 Å². The maximum atomic E-state index is 13.0. The summed E-state index contributed by atoms with van der Waals surface area (Å²) >= 11 is 3.25. The Morgan fingerprint density at radius 3 is 2.61 bits per heavy atom. The Balaban J connectivity index is 2.14. The lowest BCUT2D eigenvalue weighted by atomic mass is 9.94. The Hall–Kier alpha value is -0.900. The van der Waals surface area contributed by atoms with Crippen LogP contribution in [0.5, 0.6) is 0 Å². The molecule has 1 aliphatic rings. The van der Waals surface area contributed by atoms with Gasteiger partial charge in [-0.25, -0.2) is 4.39 Å². The average molecular weight is 314 g/mol. The van der Waals surface area contributed by atoms with Crippen molar-refractivity contribution < 1.29 is 9.18 Å². The molecule has 0 saturated heterocycles. The topological polar surface area (TPSA) is 20.3 Å². The lowest BCUT2D eigenvalue weighted by molar-refractivity contribution is 0.0695.